The van der Waals surface area contributed by atoms with Crippen LogP contribution in [0.25, 0.3) is 0 Å². The molecule has 1 aliphatic carbocycles. The number of anilines is 2. The second kappa shape index (κ2) is 7.78. The zero-order valence-corrected chi connectivity index (χ0v) is 18.2. The molecular formula is C23H30N4O3. The van der Waals surface area contributed by atoms with E-state index in [0.29, 0.717) is 22.9 Å². The predicted molar refractivity (Wildman–Crippen MR) is 116 cm³/mol. The van der Waals surface area contributed by atoms with Gasteiger partial charge in [-0.25, -0.2) is 4.79 Å². The van der Waals surface area contributed by atoms with E-state index in [1.54, 1.807) is 12.1 Å². The van der Waals surface area contributed by atoms with Crippen molar-refractivity contribution in [2.75, 3.05) is 30.4 Å². The summed E-state index contributed by atoms with van der Waals surface area (Å²) in [5.74, 6) is -0.199. The fraction of sp³-hybridized carbons (Fsp3) is 0.522. The molecule has 1 saturated carbocycles. The lowest BCUT2D eigenvalue weighted by Crippen LogP contribution is -2.26. The third-order valence-corrected chi connectivity index (χ3v) is 5.71. The van der Waals surface area contributed by atoms with Crippen LogP contribution < -0.4 is 10.2 Å². The van der Waals surface area contributed by atoms with E-state index in [1.165, 1.54) is 7.11 Å². The number of nitrogens with zero attached hydrogens (tertiary/aromatic N) is 3. The van der Waals surface area contributed by atoms with Crippen LogP contribution in [-0.4, -0.2) is 41.9 Å². The molecule has 7 nitrogen and oxygen atoms in total. The average Bonchev–Trinajstić information content (AvgIpc) is 3.22. The standard InChI is InChI=1S/C23H30N4O3/c1-23(2,3)27-20(15-7-8-15)14-18(25-27)21(28)24-17-13-16(22(29)30-4)9-10-19(17)26-11-5-6-12-26/h9-10,13-15H,5-8,11-12H2,1-4H3,(H,24,28). The highest BCUT2D eigenvalue weighted by atomic mass is 16.5. The molecule has 1 saturated heterocycles. The number of carbonyl (C=O) groups excluding carboxylic acids is 2. The zero-order chi connectivity index (χ0) is 21.5. The fourth-order valence-corrected chi connectivity index (χ4v) is 4.01. The number of aromatic nitrogens is 2. The molecule has 0 spiro atoms. The summed E-state index contributed by atoms with van der Waals surface area (Å²) in [6.45, 7) is 8.16. The molecule has 0 bridgehead atoms. The Morgan fingerprint density at radius 2 is 1.83 bits per heavy atom. The van der Waals surface area contributed by atoms with E-state index >= 15 is 0 Å². The molecule has 0 radical (unpaired) electrons. The highest BCUT2D eigenvalue weighted by Crippen LogP contribution is 2.42. The summed E-state index contributed by atoms with van der Waals surface area (Å²) in [7, 11) is 1.35. The number of nitrogens with one attached hydrogen (secondary N) is 1. The van der Waals surface area contributed by atoms with E-state index in [-0.39, 0.29) is 11.4 Å². The Balaban J connectivity index is 1.66. The van der Waals surface area contributed by atoms with Crippen LogP contribution >= 0.6 is 0 Å². The minimum absolute atomic E-state index is 0.192. The van der Waals surface area contributed by atoms with Crippen molar-refractivity contribution in [1.82, 2.24) is 9.78 Å². The topological polar surface area (TPSA) is 76.5 Å². The van der Waals surface area contributed by atoms with Crippen molar-refractivity contribution in [2.45, 2.75) is 57.9 Å². The van der Waals surface area contributed by atoms with Crippen LogP contribution in [0, 0.1) is 0 Å². The SMILES string of the molecule is COC(=O)c1ccc(N2CCCC2)c(NC(=O)c2cc(C3CC3)n(C(C)(C)C)n2)c1. The van der Waals surface area contributed by atoms with Crippen molar-refractivity contribution >= 4 is 23.3 Å². The van der Waals surface area contributed by atoms with Crippen molar-refractivity contribution in [1.29, 1.82) is 0 Å². The summed E-state index contributed by atoms with van der Waals surface area (Å²) in [4.78, 5) is 27.4. The summed E-state index contributed by atoms with van der Waals surface area (Å²) in [5.41, 5.74) is 3.28. The molecule has 1 N–H and O–H groups in total. The van der Waals surface area contributed by atoms with E-state index < -0.39 is 5.97 Å². The third kappa shape index (κ3) is 4.06. The molecule has 0 atom stereocenters. The molecule has 4 rings (SSSR count). The Kier molecular flexibility index (Phi) is 5.30. The molecule has 2 fully saturated rings. The molecule has 2 heterocycles. The quantitative estimate of drug-likeness (QED) is 0.749. The van der Waals surface area contributed by atoms with Crippen molar-refractivity contribution in [3.63, 3.8) is 0 Å². The fourth-order valence-electron chi connectivity index (χ4n) is 4.01. The van der Waals surface area contributed by atoms with Crippen LogP contribution in [0.4, 0.5) is 11.4 Å². The van der Waals surface area contributed by atoms with E-state index in [9.17, 15) is 9.59 Å². The van der Waals surface area contributed by atoms with Gasteiger partial charge in [0.2, 0.25) is 0 Å². The Hall–Kier alpha value is -2.83. The van der Waals surface area contributed by atoms with Crippen molar-refractivity contribution < 1.29 is 14.3 Å². The van der Waals surface area contributed by atoms with Gasteiger partial charge in [0.15, 0.2) is 5.69 Å². The van der Waals surface area contributed by atoms with Crippen LogP contribution in [-0.2, 0) is 10.3 Å². The van der Waals surface area contributed by atoms with Gasteiger partial charge in [-0.3, -0.25) is 9.48 Å². The highest BCUT2D eigenvalue weighted by molar-refractivity contribution is 6.05. The van der Waals surface area contributed by atoms with E-state index in [0.717, 1.165) is 50.2 Å². The summed E-state index contributed by atoms with van der Waals surface area (Å²) >= 11 is 0. The molecule has 2 aliphatic rings. The molecule has 160 valence electrons. The molecule has 2 aromatic rings. The van der Waals surface area contributed by atoms with Gasteiger partial charge < -0.3 is 15.0 Å². The second-order valence-electron chi connectivity index (χ2n) is 9.18. The van der Waals surface area contributed by atoms with E-state index in [4.69, 9.17) is 4.74 Å². The normalized spacial score (nSPS) is 16.6. The average molecular weight is 411 g/mol. The molecular weight excluding hydrogens is 380 g/mol. The number of esters is 1. The first-order valence-electron chi connectivity index (χ1n) is 10.7. The Morgan fingerprint density at radius 1 is 1.13 bits per heavy atom. The van der Waals surface area contributed by atoms with Crippen LogP contribution in [0.2, 0.25) is 0 Å². The first-order chi connectivity index (χ1) is 14.3. The number of hydrogen-bond acceptors (Lipinski definition) is 5. The van der Waals surface area contributed by atoms with Gasteiger partial charge in [0, 0.05) is 24.7 Å². The van der Waals surface area contributed by atoms with Gasteiger partial charge in [0.1, 0.15) is 0 Å². The molecule has 0 unspecified atom stereocenters. The smallest absolute Gasteiger partial charge is 0.337 e. The van der Waals surface area contributed by atoms with Crippen LogP contribution in [0.1, 0.15) is 78.9 Å². The highest BCUT2D eigenvalue weighted by Gasteiger charge is 2.32. The molecule has 1 aromatic heterocycles. The summed E-state index contributed by atoms with van der Waals surface area (Å²) in [6, 6.07) is 7.24. The lowest BCUT2D eigenvalue weighted by atomic mass is 10.1. The number of methoxy groups -OCH3 is 1. The summed E-state index contributed by atoms with van der Waals surface area (Å²) < 4.78 is 6.83. The van der Waals surface area contributed by atoms with Crippen molar-refractivity contribution in [3.05, 3.63) is 41.2 Å². The third-order valence-electron chi connectivity index (χ3n) is 5.71. The summed E-state index contributed by atoms with van der Waals surface area (Å²) in [5, 5.41) is 7.65. The van der Waals surface area contributed by atoms with Crippen molar-refractivity contribution in [3.8, 4) is 0 Å². The maximum absolute atomic E-state index is 13.1. The minimum Gasteiger partial charge on any atom is -0.465 e. The molecule has 1 aromatic carbocycles. The van der Waals surface area contributed by atoms with Crippen LogP contribution in [0.15, 0.2) is 24.3 Å². The maximum Gasteiger partial charge on any atom is 0.337 e. The Bertz CT molecular complexity index is 963. The number of carbonyl (C=O) groups is 2. The predicted octanol–water partition coefficient (Wildman–Crippen LogP) is 4.15. The Morgan fingerprint density at radius 3 is 2.43 bits per heavy atom. The largest absolute Gasteiger partial charge is 0.465 e. The van der Waals surface area contributed by atoms with E-state index in [2.05, 4.69) is 36.1 Å². The number of hydrogen-bond donors (Lipinski definition) is 1. The molecule has 1 aliphatic heterocycles. The zero-order valence-electron chi connectivity index (χ0n) is 18.2. The van der Waals surface area contributed by atoms with Crippen LogP contribution in [0.5, 0.6) is 0 Å². The van der Waals surface area contributed by atoms with Gasteiger partial charge in [-0.2, -0.15) is 5.10 Å². The first kappa shape index (κ1) is 20.4. The number of ether oxygens (including phenoxy) is 1. The molecule has 1 amide bonds. The number of benzene rings is 1. The Labute approximate surface area is 177 Å². The van der Waals surface area contributed by atoms with Crippen LogP contribution in [0.3, 0.4) is 0 Å². The molecule has 7 heteroatoms. The lowest BCUT2D eigenvalue weighted by Gasteiger charge is -2.22. The lowest BCUT2D eigenvalue weighted by molar-refractivity contribution is 0.0600. The van der Waals surface area contributed by atoms with E-state index in [1.807, 2.05) is 16.8 Å². The maximum atomic E-state index is 13.1. The minimum atomic E-state index is -0.425. The first-order valence-corrected chi connectivity index (χ1v) is 10.7. The van der Waals surface area contributed by atoms with Crippen molar-refractivity contribution in [2.24, 2.45) is 0 Å². The number of amides is 1. The monoisotopic (exact) mass is 410 g/mol. The van der Waals surface area contributed by atoms with Gasteiger partial charge in [-0.1, -0.05) is 0 Å². The van der Waals surface area contributed by atoms with Gasteiger partial charge in [-0.15, -0.1) is 0 Å². The molecule has 30 heavy (non-hydrogen) atoms. The summed E-state index contributed by atoms with van der Waals surface area (Å²) in [6.07, 6.45) is 4.52. The van der Waals surface area contributed by atoms with Gasteiger partial charge in [-0.05, 0) is 70.7 Å². The number of rotatable bonds is 5. The van der Waals surface area contributed by atoms with Gasteiger partial charge in [0.25, 0.3) is 5.91 Å². The van der Waals surface area contributed by atoms with Gasteiger partial charge >= 0.3 is 5.97 Å². The second-order valence-corrected chi connectivity index (χ2v) is 9.18. The van der Waals surface area contributed by atoms with Gasteiger partial charge in [0.05, 0.1) is 29.6 Å².